The van der Waals surface area contributed by atoms with E-state index in [0.717, 1.165) is 12.8 Å². The van der Waals surface area contributed by atoms with Gasteiger partial charge >= 0.3 is 0 Å². The van der Waals surface area contributed by atoms with E-state index in [0.29, 0.717) is 31.3 Å². The summed E-state index contributed by atoms with van der Waals surface area (Å²) >= 11 is 0. The SMILES string of the molecule is CC1CC(OCCN)CC(C)N1. The van der Waals surface area contributed by atoms with Crippen LogP contribution in [-0.2, 0) is 4.74 Å². The Labute approximate surface area is 74.7 Å². The van der Waals surface area contributed by atoms with Crippen molar-refractivity contribution in [3.63, 3.8) is 0 Å². The maximum absolute atomic E-state index is 5.61. The van der Waals surface area contributed by atoms with E-state index in [9.17, 15) is 0 Å². The molecule has 0 aliphatic carbocycles. The Balaban J connectivity index is 2.24. The van der Waals surface area contributed by atoms with Gasteiger partial charge in [0.15, 0.2) is 0 Å². The van der Waals surface area contributed by atoms with E-state index >= 15 is 0 Å². The van der Waals surface area contributed by atoms with Gasteiger partial charge in [0.25, 0.3) is 0 Å². The van der Waals surface area contributed by atoms with Gasteiger partial charge in [0, 0.05) is 18.6 Å². The highest BCUT2D eigenvalue weighted by atomic mass is 16.5. The van der Waals surface area contributed by atoms with E-state index in [-0.39, 0.29) is 0 Å². The Morgan fingerprint density at radius 1 is 1.33 bits per heavy atom. The molecule has 1 heterocycles. The minimum absolute atomic E-state index is 0.416. The second-order valence-corrected chi connectivity index (χ2v) is 3.72. The Hall–Kier alpha value is -0.120. The van der Waals surface area contributed by atoms with Crippen molar-refractivity contribution in [3.8, 4) is 0 Å². The number of ether oxygens (including phenoxy) is 1. The third-order valence-electron chi connectivity index (χ3n) is 2.27. The summed E-state index contributed by atoms with van der Waals surface area (Å²) in [5.41, 5.74) is 5.37. The minimum Gasteiger partial charge on any atom is -0.377 e. The summed E-state index contributed by atoms with van der Waals surface area (Å²) < 4.78 is 5.61. The van der Waals surface area contributed by atoms with Crippen LogP contribution in [0.15, 0.2) is 0 Å². The number of hydrogen-bond donors (Lipinski definition) is 2. The Morgan fingerprint density at radius 3 is 2.42 bits per heavy atom. The Kier molecular flexibility index (Phi) is 3.98. The topological polar surface area (TPSA) is 47.3 Å². The Bertz CT molecular complexity index is 120. The second kappa shape index (κ2) is 4.80. The van der Waals surface area contributed by atoms with E-state index in [1.165, 1.54) is 0 Å². The third-order valence-corrected chi connectivity index (χ3v) is 2.27. The molecule has 0 spiro atoms. The molecule has 3 nitrogen and oxygen atoms in total. The first kappa shape index (κ1) is 9.96. The van der Waals surface area contributed by atoms with Crippen molar-refractivity contribution in [1.29, 1.82) is 0 Å². The summed E-state index contributed by atoms with van der Waals surface area (Å²) in [6.45, 7) is 5.74. The summed E-state index contributed by atoms with van der Waals surface area (Å²) in [6.07, 6.45) is 2.65. The largest absolute Gasteiger partial charge is 0.377 e. The molecular formula is C9H20N2O. The van der Waals surface area contributed by atoms with Gasteiger partial charge in [-0.1, -0.05) is 0 Å². The molecule has 1 aliphatic heterocycles. The van der Waals surface area contributed by atoms with E-state index in [2.05, 4.69) is 19.2 Å². The summed E-state index contributed by atoms with van der Waals surface area (Å²) in [7, 11) is 0. The van der Waals surface area contributed by atoms with Crippen molar-refractivity contribution in [2.24, 2.45) is 5.73 Å². The molecule has 0 amide bonds. The van der Waals surface area contributed by atoms with Gasteiger partial charge in [0.2, 0.25) is 0 Å². The van der Waals surface area contributed by atoms with Crippen molar-refractivity contribution in [3.05, 3.63) is 0 Å². The van der Waals surface area contributed by atoms with Crippen molar-refractivity contribution in [2.75, 3.05) is 13.2 Å². The molecule has 3 heteroatoms. The number of nitrogens with two attached hydrogens (primary N) is 1. The van der Waals surface area contributed by atoms with Crippen molar-refractivity contribution in [1.82, 2.24) is 5.32 Å². The van der Waals surface area contributed by atoms with Crippen LogP contribution in [0.25, 0.3) is 0 Å². The molecule has 0 bridgehead atoms. The van der Waals surface area contributed by atoms with Crippen molar-refractivity contribution in [2.45, 2.75) is 44.9 Å². The van der Waals surface area contributed by atoms with E-state index in [1.807, 2.05) is 0 Å². The minimum atomic E-state index is 0.416. The van der Waals surface area contributed by atoms with Gasteiger partial charge in [-0.25, -0.2) is 0 Å². The number of rotatable bonds is 3. The van der Waals surface area contributed by atoms with Gasteiger partial charge in [0.1, 0.15) is 0 Å². The summed E-state index contributed by atoms with van der Waals surface area (Å²) in [6, 6.07) is 1.16. The van der Waals surface area contributed by atoms with Crippen molar-refractivity contribution >= 4 is 0 Å². The van der Waals surface area contributed by atoms with Crippen LogP contribution in [0.5, 0.6) is 0 Å². The first-order valence-electron chi connectivity index (χ1n) is 4.80. The standard InChI is InChI=1S/C9H20N2O/c1-7-5-9(12-4-3-10)6-8(2)11-7/h7-9,11H,3-6,10H2,1-2H3. The molecule has 72 valence electrons. The number of hydrogen-bond acceptors (Lipinski definition) is 3. The molecule has 2 atom stereocenters. The maximum Gasteiger partial charge on any atom is 0.0605 e. The maximum atomic E-state index is 5.61. The van der Waals surface area contributed by atoms with Gasteiger partial charge < -0.3 is 15.8 Å². The smallest absolute Gasteiger partial charge is 0.0605 e. The highest BCUT2D eigenvalue weighted by Gasteiger charge is 2.23. The Morgan fingerprint density at radius 2 is 1.92 bits per heavy atom. The zero-order chi connectivity index (χ0) is 8.97. The highest BCUT2D eigenvalue weighted by molar-refractivity contribution is 4.81. The lowest BCUT2D eigenvalue weighted by Gasteiger charge is -2.32. The van der Waals surface area contributed by atoms with Gasteiger partial charge in [-0.05, 0) is 26.7 Å². The van der Waals surface area contributed by atoms with Gasteiger partial charge in [-0.15, -0.1) is 0 Å². The summed E-state index contributed by atoms with van der Waals surface area (Å²) in [4.78, 5) is 0. The zero-order valence-electron chi connectivity index (χ0n) is 8.05. The lowest BCUT2D eigenvalue weighted by molar-refractivity contribution is 0.0182. The molecule has 0 aromatic heterocycles. The molecule has 12 heavy (non-hydrogen) atoms. The molecule has 1 aliphatic rings. The molecule has 0 aromatic carbocycles. The molecule has 0 saturated carbocycles. The van der Waals surface area contributed by atoms with Crippen LogP contribution in [0.2, 0.25) is 0 Å². The molecular weight excluding hydrogens is 152 g/mol. The normalized spacial score (nSPS) is 36.8. The highest BCUT2D eigenvalue weighted by Crippen LogP contribution is 2.15. The quantitative estimate of drug-likeness (QED) is 0.651. The van der Waals surface area contributed by atoms with Gasteiger partial charge in [-0.2, -0.15) is 0 Å². The fraction of sp³-hybridized carbons (Fsp3) is 1.00. The number of piperidine rings is 1. The van der Waals surface area contributed by atoms with Crippen LogP contribution < -0.4 is 11.1 Å². The lowest BCUT2D eigenvalue weighted by Crippen LogP contribution is -2.45. The molecule has 1 rings (SSSR count). The summed E-state index contributed by atoms with van der Waals surface area (Å²) in [5, 5.41) is 3.47. The molecule has 1 saturated heterocycles. The number of nitrogens with one attached hydrogen (secondary N) is 1. The summed E-state index contributed by atoms with van der Waals surface area (Å²) in [5.74, 6) is 0. The lowest BCUT2D eigenvalue weighted by atomic mass is 9.98. The molecule has 3 N–H and O–H groups in total. The van der Waals surface area contributed by atoms with Crippen LogP contribution >= 0.6 is 0 Å². The van der Waals surface area contributed by atoms with E-state index in [4.69, 9.17) is 10.5 Å². The fourth-order valence-corrected chi connectivity index (χ4v) is 1.88. The molecule has 2 unspecified atom stereocenters. The first-order valence-corrected chi connectivity index (χ1v) is 4.80. The fourth-order valence-electron chi connectivity index (χ4n) is 1.88. The predicted molar refractivity (Wildman–Crippen MR) is 50.1 cm³/mol. The van der Waals surface area contributed by atoms with Crippen molar-refractivity contribution < 1.29 is 4.74 Å². The predicted octanol–water partition coefficient (Wildman–Crippen LogP) is 0.491. The first-order chi connectivity index (χ1) is 5.72. The molecule has 1 fully saturated rings. The van der Waals surface area contributed by atoms with Crippen LogP contribution in [0.1, 0.15) is 26.7 Å². The molecule has 0 aromatic rings. The monoisotopic (exact) mass is 172 g/mol. The van der Waals surface area contributed by atoms with Gasteiger partial charge in [-0.3, -0.25) is 0 Å². The van der Waals surface area contributed by atoms with Gasteiger partial charge in [0.05, 0.1) is 12.7 Å². The molecule has 0 radical (unpaired) electrons. The zero-order valence-corrected chi connectivity index (χ0v) is 8.05. The average molecular weight is 172 g/mol. The second-order valence-electron chi connectivity index (χ2n) is 3.72. The van der Waals surface area contributed by atoms with Crippen LogP contribution in [0.4, 0.5) is 0 Å². The average Bonchev–Trinajstić information content (AvgIpc) is 1.99. The van der Waals surface area contributed by atoms with E-state index < -0.39 is 0 Å². The van der Waals surface area contributed by atoms with Crippen LogP contribution in [-0.4, -0.2) is 31.3 Å². The third kappa shape index (κ3) is 3.09. The van der Waals surface area contributed by atoms with Crippen LogP contribution in [0, 0.1) is 0 Å². The van der Waals surface area contributed by atoms with E-state index in [1.54, 1.807) is 0 Å². The van der Waals surface area contributed by atoms with Crippen LogP contribution in [0.3, 0.4) is 0 Å².